The summed E-state index contributed by atoms with van der Waals surface area (Å²) in [4.78, 5) is 26.6. The van der Waals surface area contributed by atoms with Crippen LogP contribution in [0.2, 0.25) is 0 Å². The lowest BCUT2D eigenvalue weighted by Crippen LogP contribution is -2.47. The van der Waals surface area contributed by atoms with Crippen molar-refractivity contribution in [2.75, 3.05) is 10.2 Å². The van der Waals surface area contributed by atoms with Crippen LogP contribution in [0.3, 0.4) is 0 Å². The zero-order chi connectivity index (χ0) is 16.2. The number of carbonyl (C=O) groups excluding carboxylic acids is 2. The van der Waals surface area contributed by atoms with Crippen LogP contribution in [0.15, 0.2) is 54.6 Å². The van der Waals surface area contributed by atoms with Crippen LogP contribution in [0.1, 0.15) is 19.4 Å². The molecule has 1 N–H and O–H groups in total. The smallest absolute Gasteiger partial charge is 0.266 e. The summed E-state index contributed by atoms with van der Waals surface area (Å²) in [7, 11) is 0. The van der Waals surface area contributed by atoms with Crippen LogP contribution in [-0.4, -0.2) is 16.6 Å². The Morgan fingerprint density at radius 3 is 2.35 bits per heavy atom. The molecule has 2 heterocycles. The van der Waals surface area contributed by atoms with Crippen molar-refractivity contribution in [2.45, 2.75) is 23.5 Å². The van der Waals surface area contributed by atoms with E-state index in [0.29, 0.717) is 0 Å². The summed E-state index contributed by atoms with van der Waals surface area (Å²) in [6.45, 7) is 3.75. The Balaban J connectivity index is 1.99. The molecule has 1 atom stereocenters. The van der Waals surface area contributed by atoms with Crippen LogP contribution in [-0.2, 0) is 14.5 Å². The van der Waals surface area contributed by atoms with E-state index in [0.717, 1.165) is 16.9 Å². The first-order chi connectivity index (χ1) is 11.0. The van der Waals surface area contributed by atoms with Gasteiger partial charge in [0, 0.05) is 16.9 Å². The lowest BCUT2D eigenvalue weighted by atomic mass is 10.0. The molecule has 116 valence electrons. The molecule has 0 saturated carbocycles. The molecule has 1 spiro atoms. The van der Waals surface area contributed by atoms with Crippen molar-refractivity contribution in [3.8, 4) is 0 Å². The molecule has 1 unspecified atom stereocenters. The van der Waals surface area contributed by atoms with E-state index in [1.54, 1.807) is 4.90 Å². The number of hydrogen-bond acceptors (Lipinski definition) is 3. The Bertz CT molecular complexity index is 819. The Morgan fingerprint density at radius 2 is 1.61 bits per heavy atom. The third kappa shape index (κ3) is 1.80. The minimum atomic E-state index is -1.04. The third-order valence-corrected chi connectivity index (χ3v) is 5.87. The number of hydrogen-bond donors (Lipinski definition) is 1. The van der Waals surface area contributed by atoms with E-state index >= 15 is 0 Å². The molecule has 4 rings (SSSR count). The monoisotopic (exact) mass is 324 g/mol. The van der Waals surface area contributed by atoms with Crippen LogP contribution < -0.4 is 10.2 Å². The average molecular weight is 324 g/mol. The van der Waals surface area contributed by atoms with E-state index in [4.69, 9.17) is 0 Å². The van der Waals surface area contributed by atoms with Gasteiger partial charge >= 0.3 is 0 Å². The van der Waals surface area contributed by atoms with Gasteiger partial charge in [-0.1, -0.05) is 36.4 Å². The number of nitrogens with one attached hydrogen (secondary N) is 1. The minimum absolute atomic E-state index is 0.0550. The highest BCUT2D eigenvalue weighted by Gasteiger charge is 2.64. The first-order valence-electron chi connectivity index (χ1n) is 7.48. The summed E-state index contributed by atoms with van der Waals surface area (Å²) in [5.74, 6) is -0.216. The van der Waals surface area contributed by atoms with Crippen LogP contribution in [0.5, 0.6) is 0 Å². The molecule has 2 aromatic rings. The summed E-state index contributed by atoms with van der Waals surface area (Å²) in [6, 6.07) is 17.0. The maximum Gasteiger partial charge on any atom is 0.266 e. The van der Waals surface area contributed by atoms with Gasteiger partial charge in [-0.25, -0.2) is 0 Å². The van der Waals surface area contributed by atoms with Crippen molar-refractivity contribution >= 4 is 35.0 Å². The first kappa shape index (κ1) is 14.3. The van der Waals surface area contributed by atoms with Crippen molar-refractivity contribution < 1.29 is 9.59 Å². The molecule has 0 bridgehead atoms. The number of nitrogens with zero attached hydrogens (tertiary/aromatic N) is 1. The fourth-order valence-corrected chi connectivity index (χ4v) is 4.92. The van der Waals surface area contributed by atoms with Gasteiger partial charge in [0.1, 0.15) is 0 Å². The van der Waals surface area contributed by atoms with Gasteiger partial charge in [-0.05, 0) is 32.0 Å². The summed E-state index contributed by atoms with van der Waals surface area (Å²) >= 11 is 1.40. The van der Waals surface area contributed by atoms with Gasteiger partial charge in [0.05, 0.1) is 4.75 Å². The lowest BCUT2D eigenvalue weighted by molar-refractivity contribution is -0.123. The second-order valence-corrected chi connectivity index (χ2v) is 8.05. The molecule has 5 heteroatoms. The molecule has 2 aromatic carbocycles. The van der Waals surface area contributed by atoms with Crippen LogP contribution in [0.25, 0.3) is 0 Å². The fourth-order valence-electron chi connectivity index (χ4n) is 3.29. The van der Waals surface area contributed by atoms with E-state index < -0.39 is 9.62 Å². The molecule has 0 aromatic heterocycles. The van der Waals surface area contributed by atoms with E-state index in [9.17, 15) is 9.59 Å². The quantitative estimate of drug-likeness (QED) is 0.875. The molecule has 23 heavy (non-hydrogen) atoms. The largest absolute Gasteiger partial charge is 0.323 e. The van der Waals surface area contributed by atoms with Crippen molar-refractivity contribution in [3.63, 3.8) is 0 Å². The first-order valence-corrected chi connectivity index (χ1v) is 8.29. The number of para-hydroxylation sites is 2. The number of carbonyl (C=O) groups is 2. The van der Waals surface area contributed by atoms with Crippen molar-refractivity contribution in [2.24, 2.45) is 0 Å². The molecule has 2 aliphatic rings. The van der Waals surface area contributed by atoms with Gasteiger partial charge in [0.2, 0.25) is 10.8 Å². The van der Waals surface area contributed by atoms with Crippen molar-refractivity contribution in [3.05, 3.63) is 60.2 Å². The summed E-state index contributed by atoms with van der Waals surface area (Å²) in [5, 5.41) is 2.93. The molecule has 2 aliphatic heterocycles. The number of benzene rings is 2. The minimum Gasteiger partial charge on any atom is -0.323 e. The summed E-state index contributed by atoms with van der Waals surface area (Å²) < 4.78 is -0.676. The van der Waals surface area contributed by atoms with Gasteiger partial charge in [0.15, 0.2) is 0 Å². The molecule has 0 aliphatic carbocycles. The summed E-state index contributed by atoms with van der Waals surface area (Å²) in [5.41, 5.74) is 2.36. The Kier molecular flexibility index (Phi) is 2.87. The second-order valence-electron chi connectivity index (χ2n) is 6.23. The molecule has 4 nitrogen and oxygen atoms in total. The highest BCUT2D eigenvalue weighted by Crippen LogP contribution is 2.59. The number of rotatable bonds is 1. The van der Waals surface area contributed by atoms with Gasteiger partial charge < -0.3 is 5.32 Å². The van der Waals surface area contributed by atoms with E-state index in [2.05, 4.69) is 5.32 Å². The number of thioether (sulfide) groups is 1. The zero-order valence-corrected chi connectivity index (χ0v) is 13.7. The van der Waals surface area contributed by atoms with Crippen LogP contribution in [0.4, 0.5) is 11.4 Å². The topological polar surface area (TPSA) is 49.4 Å². The molecule has 1 saturated heterocycles. The Hall–Kier alpha value is -2.27. The normalized spacial score (nSPS) is 24.9. The van der Waals surface area contributed by atoms with Crippen LogP contribution >= 0.6 is 11.8 Å². The molecular weight excluding hydrogens is 308 g/mol. The highest BCUT2D eigenvalue weighted by molar-refractivity contribution is 8.03. The van der Waals surface area contributed by atoms with E-state index in [1.807, 2.05) is 68.4 Å². The number of fused-ring (bicyclic) bond motifs is 2. The number of amides is 2. The van der Waals surface area contributed by atoms with Gasteiger partial charge in [-0.2, -0.15) is 0 Å². The fraction of sp³-hybridized carbons (Fsp3) is 0.222. The zero-order valence-electron chi connectivity index (χ0n) is 12.9. The molecular formula is C18H16N2O2S. The van der Waals surface area contributed by atoms with Gasteiger partial charge in [0.25, 0.3) is 5.91 Å². The highest BCUT2D eigenvalue weighted by atomic mass is 32.2. The van der Waals surface area contributed by atoms with Gasteiger partial charge in [-0.3, -0.25) is 14.5 Å². The van der Waals surface area contributed by atoms with Crippen molar-refractivity contribution in [1.29, 1.82) is 0 Å². The average Bonchev–Trinajstić information content (AvgIpc) is 2.93. The lowest BCUT2D eigenvalue weighted by Gasteiger charge is -2.32. The van der Waals surface area contributed by atoms with Crippen LogP contribution in [0, 0.1) is 0 Å². The third-order valence-electron chi connectivity index (χ3n) is 4.30. The van der Waals surface area contributed by atoms with Gasteiger partial charge in [-0.15, -0.1) is 11.8 Å². The number of anilines is 2. The standard InChI is InChI=1S/C18H16N2O2S/c1-17(2)16(22)20(12-8-4-3-5-9-12)18(23-17)13-10-6-7-11-14(13)19-15(18)21/h3-11H,1-2H3,(H,19,21). The predicted octanol–water partition coefficient (Wildman–Crippen LogP) is 3.35. The molecule has 0 radical (unpaired) electrons. The van der Waals surface area contributed by atoms with E-state index in [1.165, 1.54) is 11.8 Å². The Labute approximate surface area is 138 Å². The second kappa shape index (κ2) is 4.61. The molecule has 2 amide bonds. The Morgan fingerprint density at radius 1 is 0.957 bits per heavy atom. The van der Waals surface area contributed by atoms with E-state index in [-0.39, 0.29) is 11.8 Å². The summed E-state index contributed by atoms with van der Waals surface area (Å²) in [6.07, 6.45) is 0. The molecule has 1 fully saturated rings. The maximum absolute atomic E-state index is 13.1. The predicted molar refractivity (Wildman–Crippen MR) is 92.3 cm³/mol. The van der Waals surface area contributed by atoms with Crippen molar-refractivity contribution in [1.82, 2.24) is 0 Å². The SMILES string of the molecule is CC1(C)SC2(C(=O)Nc3ccccc32)N(c2ccccc2)C1=O. The maximum atomic E-state index is 13.1.